The first-order valence-electron chi connectivity index (χ1n) is 11.0. The van der Waals surface area contributed by atoms with Crippen molar-refractivity contribution in [2.45, 2.75) is 105 Å². The molecular weight excluding hydrogens is 374 g/mol. The van der Waals surface area contributed by atoms with Crippen LogP contribution < -0.4 is 0 Å². The Hall–Kier alpha value is -1.07. The van der Waals surface area contributed by atoms with Gasteiger partial charge in [0.2, 0.25) is 0 Å². The third-order valence-corrected chi connectivity index (χ3v) is 7.02. The molecule has 0 aliphatic carbocycles. The van der Waals surface area contributed by atoms with Gasteiger partial charge in [-0.1, -0.05) is 24.3 Å². The van der Waals surface area contributed by atoms with Gasteiger partial charge in [0.15, 0.2) is 0 Å². The van der Waals surface area contributed by atoms with E-state index < -0.39 is 14.2 Å². The first-order valence-corrected chi connectivity index (χ1v) is 11.0. The van der Waals surface area contributed by atoms with Crippen LogP contribution in [0, 0.1) is 0 Å². The number of rotatable bonds is 5. The molecule has 0 atom stereocenters. The highest BCUT2D eigenvalue weighted by Crippen LogP contribution is 2.42. The summed E-state index contributed by atoms with van der Waals surface area (Å²) in [6, 6.07) is 0. The third kappa shape index (κ3) is 4.57. The Morgan fingerprint density at radius 3 is 0.967 bits per heavy atom. The summed E-state index contributed by atoms with van der Waals surface area (Å²) in [5.74, 6) is 0. The van der Waals surface area contributed by atoms with Gasteiger partial charge in [-0.15, -0.1) is 0 Å². The zero-order valence-electron chi connectivity index (χ0n) is 21.1. The van der Waals surface area contributed by atoms with Gasteiger partial charge in [0.25, 0.3) is 0 Å². The molecule has 0 aromatic carbocycles. The van der Waals surface area contributed by atoms with Gasteiger partial charge in [-0.25, -0.2) is 0 Å². The van der Waals surface area contributed by atoms with Crippen LogP contribution in [0.15, 0.2) is 46.4 Å². The monoisotopic (exact) mass is 414 g/mol. The smallest absolute Gasteiger partial charge is 0.400 e. The summed E-state index contributed by atoms with van der Waals surface area (Å²) >= 11 is 0. The molecule has 0 spiro atoms. The zero-order chi connectivity index (χ0) is 23.1. The van der Waals surface area contributed by atoms with E-state index in [9.17, 15) is 0 Å². The molecule has 2 saturated heterocycles. The molecule has 0 aromatic rings. The number of allylic oxidation sites excluding steroid dienone is 8. The molecule has 2 heterocycles. The Labute approximate surface area is 185 Å². The maximum atomic E-state index is 6.33. The predicted octanol–water partition coefficient (Wildman–Crippen LogP) is 6.03. The minimum atomic E-state index is -0.410. The fraction of sp³-hybridized carbons (Fsp3) is 0.667. The molecule has 6 heteroatoms. The van der Waals surface area contributed by atoms with Crippen molar-refractivity contribution in [2.75, 3.05) is 0 Å². The normalized spacial score (nSPS) is 26.5. The lowest BCUT2D eigenvalue weighted by Crippen LogP contribution is -2.41. The summed E-state index contributed by atoms with van der Waals surface area (Å²) in [6.07, 6.45) is 8.32. The van der Waals surface area contributed by atoms with Crippen molar-refractivity contribution in [3.05, 3.63) is 46.4 Å². The molecule has 2 fully saturated rings. The van der Waals surface area contributed by atoms with Crippen LogP contribution in [0.2, 0.25) is 0 Å². The Balaban J connectivity index is 2.57. The molecule has 0 aromatic heterocycles. The second-order valence-corrected chi connectivity index (χ2v) is 10.4. The third-order valence-electron chi connectivity index (χ3n) is 7.02. The molecule has 166 valence electrons. The van der Waals surface area contributed by atoms with Crippen molar-refractivity contribution in [3.63, 3.8) is 0 Å². The van der Waals surface area contributed by atoms with Gasteiger partial charge in [-0.3, -0.25) is 0 Å². The molecule has 30 heavy (non-hydrogen) atoms. The van der Waals surface area contributed by atoms with Gasteiger partial charge in [-0.2, -0.15) is 0 Å². The lowest BCUT2D eigenvalue weighted by molar-refractivity contribution is 0.00578. The molecule has 0 unspecified atom stereocenters. The highest BCUT2D eigenvalue weighted by Gasteiger charge is 2.53. The van der Waals surface area contributed by atoms with Crippen LogP contribution in [0.1, 0.15) is 83.1 Å². The van der Waals surface area contributed by atoms with Gasteiger partial charge in [0.05, 0.1) is 22.4 Å². The summed E-state index contributed by atoms with van der Waals surface area (Å²) in [5.41, 5.74) is 2.68. The molecular formula is C24H40B2O4. The van der Waals surface area contributed by atoms with Crippen molar-refractivity contribution in [1.82, 2.24) is 0 Å². The van der Waals surface area contributed by atoms with Gasteiger partial charge < -0.3 is 18.6 Å². The van der Waals surface area contributed by atoms with Crippen molar-refractivity contribution in [1.29, 1.82) is 0 Å². The van der Waals surface area contributed by atoms with Crippen molar-refractivity contribution in [2.24, 2.45) is 0 Å². The molecule has 0 bridgehead atoms. The van der Waals surface area contributed by atoms with Gasteiger partial charge in [0, 0.05) is 0 Å². The quantitative estimate of drug-likeness (QED) is 0.407. The largest absolute Gasteiger partial charge is 0.490 e. The van der Waals surface area contributed by atoms with E-state index >= 15 is 0 Å². The molecule has 4 nitrogen and oxygen atoms in total. The average molecular weight is 414 g/mol. The van der Waals surface area contributed by atoms with Crippen LogP contribution in [0.5, 0.6) is 0 Å². The van der Waals surface area contributed by atoms with Gasteiger partial charge in [0.1, 0.15) is 0 Å². The van der Waals surface area contributed by atoms with Crippen LogP contribution in [0.4, 0.5) is 0 Å². The van der Waals surface area contributed by atoms with Crippen molar-refractivity contribution in [3.8, 4) is 0 Å². The van der Waals surface area contributed by atoms with Crippen LogP contribution in [0.25, 0.3) is 0 Å². The fourth-order valence-electron chi connectivity index (χ4n) is 3.49. The van der Waals surface area contributed by atoms with E-state index in [-0.39, 0.29) is 22.4 Å². The second-order valence-electron chi connectivity index (χ2n) is 10.4. The molecule has 0 amide bonds. The van der Waals surface area contributed by atoms with Crippen molar-refractivity contribution >= 4 is 14.2 Å². The molecule has 0 radical (unpaired) electrons. The Morgan fingerprint density at radius 2 is 0.767 bits per heavy atom. The second kappa shape index (κ2) is 8.46. The zero-order valence-corrected chi connectivity index (χ0v) is 21.1. The lowest BCUT2D eigenvalue weighted by Gasteiger charge is -2.32. The van der Waals surface area contributed by atoms with Gasteiger partial charge in [-0.05, 0) is 105 Å². The number of hydrogen-bond donors (Lipinski definition) is 0. The minimum Gasteiger partial charge on any atom is -0.400 e. The summed E-state index contributed by atoms with van der Waals surface area (Å²) in [7, 11) is -0.819. The van der Waals surface area contributed by atoms with E-state index in [4.69, 9.17) is 18.6 Å². The van der Waals surface area contributed by atoms with Crippen LogP contribution >= 0.6 is 0 Å². The van der Waals surface area contributed by atoms with E-state index in [1.807, 2.05) is 26.0 Å². The van der Waals surface area contributed by atoms with Crippen LogP contribution in [0.3, 0.4) is 0 Å². The van der Waals surface area contributed by atoms with Crippen molar-refractivity contribution < 1.29 is 18.6 Å². The summed E-state index contributed by atoms with van der Waals surface area (Å²) < 4.78 is 25.3. The number of hydrogen-bond acceptors (Lipinski definition) is 4. The summed E-state index contributed by atoms with van der Waals surface area (Å²) in [5, 5.41) is 0. The van der Waals surface area contributed by atoms with Crippen LogP contribution in [-0.4, -0.2) is 36.6 Å². The lowest BCUT2D eigenvalue weighted by atomic mass is 9.69. The highest BCUT2D eigenvalue weighted by molar-refractivity contribution is 6.56. The molecule has 0 saturated carbocycles. The first-order chi connectivity index (χ1) is 13.6. The van der Waals surface area contributed by atoms with E-state index in [1.165, 1.54) is 0 Å². The van der Waals surface area contributed by atoms with Crippen LogP contribution in [-0.2, 0) is 18.6 Å². The van der Waals surface area contributed by atoms with E-state index in [2.05, 4.69) is 81.4 Å². The highest BCUT2D eigenvalue weighted by atomic mass is 16.7. The molecule has 0 N–H and O–H groups in total. The Kier molecular flexibility index (Phi) is 7.10. The van der Waals surface area contributed by atoms with Gasteiger partial charge >= 0.3 is 14.2 Å². The topological polar surface area (TPSA) is 36.9 Å². The Bertz CT molecular complexity index is 687. The van der Waals surface area contributed by atoms with E-state index in [0.29, 0.717) is 0 Å². The molecule has 2 aliphatic heterocycles. The van der Waals surface area contributed by atoms with E-state index in [0.717, 1.165) is 22.1 Å². The summed E-state index contributed by atoms with van der Waals surface area (Å²) in [6.45, 7) is 24.8. The maximum absolute atomic E-state index is 6.33. The molecule has 2 aliphatic rings. The Morgan fingerprint density at radius 1 is 0.533 bits per heavy atom. The predicted molar refractivity (Wildman–Crippen MR) is 127 cm³/mol. The fourth-order valence-corrected chi connectivity index (χ4v) is 3.49. The SMILES string of the molecule is C\C=C/C(=C(/C)B1OC(C)(C)C(C)(C)O1)C(/C=C\C)=C(/C)B1OC(C)(C)C(C)(C)O1. The standard InChI is InChI=1S/C24H40B2O4/c1-13-15-19(17(3)25-27-21(5,6)22(7,8)28-25)20(16-14-2)18(4)26-29-23(9,10)24(11,12)30-26/h13-16H,1-12H3/b15-13-,16-14-,19-17-,20-18+. The first kappa shape index (κ1) is 25.2. The van der Waals surface area contributed by atoms with E-state index in [1.54, 1.807) is 0 Å². The molecule has 2 rings (SSSR count). The minimum absolute atomic E-state index is 0.384. The average Bonchev–Trinajstić information content (AvgIpc) is 2.96. The summed E-state index contributed by atoms with van der Waals surface area (Å²) in [4.78, 5) is 0. The maximum Gasteiger partial charge on any atom is 0.490 e.